The van der Waals surface area contributed by atoms with Crippen LogP contribution in [0.1, 0.15) is 25.1 Å². The second-order valence-electron chi connectivity index (χ2n) is 7.20. The average molecular weight is 349 g/mol. The van der Waals surface area contributed by atoms with E-state index in [9.17, 15) is 0 Å². The van der Waals surface area contributed by atoms with Crippen molar-refractivity contribution in [3.63, 3.8) is 0 Å². The third kappa shape index (κ3) is 2.65. The second-order valence-corrected chi connectivity index (χ2v) is 7.20. The molecular formula is C20H23N5O. The Labute approximate surface area is 152 Å². The number of hydrogen-bond acceptors (Lipinski definition) is 5. The van der Waals surface area contributed by atoms with E-state index in [2.05, 4.69) is 37.6 Å². The lowest BCUT2D eigenvalue weighted by molar-refractivity contribution is 0.130. The molecule has 0 saturated heterocycles. The summed E-state index contributed by atoms with van der Waals surface area (Å²) in [6.45, 7) is 3.30. The van der Waals surface area contributed by atoms with Crippen molar-refractivity contribution in [3.05, 3.63) is 36.4 Å². The molecule has 26 heavy (non-hydrogen) atoms. The fourth-order valence-electron chi connectivity index (χ4n) is 4.05. The molecule has 6 heteroatoms. The van der Waals surface area contributed by atoms with Crippen LogP contribution >= 0.6 is 0 Å². The van der Waals surface area contributed by atoms with Crippen LogP contribution in [0.4, 0.5) is 0 Å². The number of imidazole rings is 1. The first kappa shape index (κ1) is 15.8. The zero-order valence-electron chi connectivity index (χ0n) is 15.1. The predicted octanol–water partition coefficient (Wildman–Crippen LogP) is 2.91. The van der Waals surface area contributed by atoms with Gasteiger partial charge in [-0.2, -0.15) is 0 Å². The summed E-state index contributed by atoms with van der Waals surface area (Å²) >= 11 is 0. The van der Waals surface area contributed by atoms with Gasteiger partial charge in [0.1, 0.15) is 5.82 Å². The molecule has 1 aliphatic carbocycles. The van der Waals surface area contributed by atoms with Crippen LogP contribution in [-0.4, -0.2) is 50.7 Å². The molecule has 134 valence electrons. The van der Waals surface area contributed by atoms with Crippen molar-refractivity contribution in [1.29, 1.82) is 0 Å². The Morgan fingerprint density at radius 3 is 2.73 bits per heavy atom. The first-order valence-corrected chi connectivity index (χ1v) is 9.41. The van der Waals surface area contributed by atoms with Crippen LogP contribution in [0.3, 0.4) is 0 Å². The summed E-state index contributed by atoms with van der Waals surface area (Å²) in [6, 6.07) is 7.22. The zero-order valence-corrected chi connectivity index (χ0v) is 15.1. The van der Waals surface area contributed by atoms with Crippen LogP contribution in [0.15, 0.2) is 30.6 Å². The number of rotatable bonds is 3. The fourth-order valence-corrected chi connectivity index (χ4v) is 4.05. The molecule has 3 heterocycles. The van der Waals surface area contributed by atoms with Crippen molar-refractivity contribution in [1.82, 2.24) is 24.4 Å². The average Bonchev–Trinajstić information content (AvgIpc) is 2.86. The van der Waals surface area contributed by atoms with Gasteiger partial charge in [-0.3, -0.25) is 4.90 Å². The molecule has 0 spiro atoms. The minimum Gasteiger partial charge on any atom is -0.480 e. The smallest absolute Gasteiger partial charge is 0.232 e. The highest BCUT2D eigenvalue weighted by Gasteiger charge is 2.27. The van der Waals surface area contributed by atoms with Crippen molar-refractivity contribution in [2.45, 2.75) is 38.3 Å². The summed E-state index contributed by atoms with van der Waals surface area (Å²) in [4.78, 5) is 16.3. The lowest BCUT2D eigenvalue weighted by atomic mass is 9.91. The monoisotopic (exact) mass is 349 g/mol. The van der Waals surface area contributed by atoms with E-state index < -0.39 is 0 Å². The van der Waals surface area contributed by atoms with Gasteiger partial charge in [-0.05, 0) is 25.0 Å². The molecule has 0 N–H and O–H groups in total. The number of hydrogen-bond donors (Lipinski definition) is 0. The highest BCUT2D eigenvalue weighted by atomic mass is 16.5. The maximum Gasteiger partial charge on any atom is 0.232 e. The summed E-state index contributed by atoms with van der Waals surface area (Å²) in [5.41, 5.74) is 4.15. The Morgan fingerprint density at radius 1 is 1.08 bits per heavy atom. The van der Waals surface area contributed by atoms with Crippen LogP contribution in [-0.2, 0) is 13.0 Å². The van der Waals surface area contributed by atoms with E-state index >= 15 is 0 Å². The minimum absolute atomic E-state index is 0.527. The molecule has 6 nitrogen and oxygen atoms in total. The third-order valence-corrected chi connectivity index (χ3v) is 5.78. The number of methoxy groups -OCH3 is 1. The van der Waals surface area contributed by atoms with E-state index in [0.29, 0.717) is 5.88 Å². The van der Waals surface area contributed by atoms with E-state index in [4.69, 9.17) is 9.72 Å². The van der Waals surface area contributed by atoms with Crippen LogP contribution in [0.5, 0.6) is 5.88 Å². The molecule has 2 aliphatic rings. The molecule has 3 aromatic rings. The maximum absolute atomic E-state index is 5.09. The molecule has 2 aromatic heterocycles. The summed E-state index contributed by atoms with van der Waals surface area (Å²) in [7, 11) is 1.60. The van der Waals surface area contributed by atoms with Crippen molar-refractivity contribution >= 4 is 11.0 Å². The Hall–Kier alpha value is -2.47. The molecule has 1 aliphatic heterocycles. The Morgan fingerprint density at radius 2 is 2.00 bits per heavy atom. The van der Waals surface area contributed by atoms with Gasteiger partial charge < -0.3 is 9.30 Å². The Balaban J connectivity index is 1.44. The molecule has 0 radical (unpaired) electrons. The van der Waals surface area contributed by atoms with Gasteiger partial charge in [0, 0.05) is 37.7 Å². The van der Waals surface area contributed by atoms with Gasteiger partial charge in [0.25, 0.3) is 0 Å². The summed E-state index contributed by atoms with van der Waals surface area (Å²) in [5, 5.41) is 0. The molecule has 1 aromatic carbocycles. The van der Waals surface area contributed by atoms with E-state index in [1.165, 1.54) is 30.6 Å². The van der Waals surface area contributed by atoms with E-state index in [1.807, 2.05) is 0 Å². The quantitative estimate of drug-likeness (QED) is 0.728. The second kappa shape index (κ2) is 6.36. The summed E-state index contributed by atoms with van der Waals surface area (Å²) in [5.74, 6) is 1.74. The molecule has 1 saturated carbocycles. The molecule has 0 bridgehead atoms. The van der Waals surface area contributed by atoms with Crippen molar-refractivity contribution in [2.24, 2.45) is 0 Å². The Kier molecular flexibility index (Phi) is 3.85. The zero-order chi connectivity index (χ0) is 17.5. The van der Waals surface area contributed by atoms with Gasteiger partial charge in [0.2, 0.25) is 5.88 Å². The molecule has 5 rings (SSSR count). The van der Waals surface area contributed by atoms with Crippen molar-refractivity contribution in [3.8, 4) is 17.1 Å². The lowest BCUT2D eigenvalue weighted by Crippen LogP contribution is -2.41. The van der Waals surface area contributed by atoms with Gasteiger partial charge in [-0.15, -0.1) is 0 Å². The van der Waals surface area contributed by atoms with Crippen molar-refractivity contribution < 1.29 is 4.74 Å². The normalized spacial score (nSPS) is 18.3. The van der Waals surface area contributed by atoms with Gasteiger partial charge in [-0.1, -0.05) is 12.5 Å². The van der Waals surface area contributed by atoms with Crippen molar-refractivity contribution in [2.75, 3.05) is 20.2 Å². The van der Waals surface area contributed by atoms with Gasteiger partial charge in [0.15, 0.2) is 0 Å². The van der Waals surface area contributed by atoms with E-state index in [1.54, 1.807) is 19.5 Å². The van der Waals surface area contributed by atoms with E-state index in [0.717, 1.165) is 48.9 Å². The maximum atomic E-state index is 5.09. The van der Waals surface area contributed by atoms with Crippen LogP contribution in [0.2, 0.25) is 0 Å². The first-order valence-electron chi connectivity index (χ1n) is 9.41. The number of nitrogens with zero attached hydrogens (tertiary/aromatic N) is 5. The molecule has 0 atom stereocenters. The number of ether oxygens (including phenoxy) is 1. The molecular weight excluding hydrogens is 326 g/mol. The number of aromatic nitrogens is 4. The summed E-state index contributed by atoms with van der Waals surface area (Å²) in [6.07, 6.45) is 8.56. The van der Waals surface area contributed by atoms with Gasteiger partial charge in [0.05, 0.1) is 36.2 Å². The number of benzene rings is 1. The lowest BCUT2D eigenvalue weighted by Gasteiger charge is -2.36. The van der Waals surface area contributed by atoms with Crippen LogP contribution in [0, 0.1) is 0 Å². The fraction of sp³-hybridized carbons (Fsp3) is 0.450. The SMILES string of the molecule is COc1cnc(-c2ccc3c(c2)nc2n3CCN(C3CCC3)CC2)cn1. The third-order valence-electron chi connectivity index (χ3n) is 5.78. The topological polar surface area (TPSA) is 56.1 Å². The standard InChI is InChI=1S/C20H23N5O/c1-26-20-13-21-17(12-22-20)14-5-6-18-16(11-14)23-19-7-8-24(9-10-25(18)19)15-3-2-4-15/h5-6,11-13,15H,2-4,7-10H2,1H3. The largest absolute Gasteiger partial charge is 0.480 e. The van der Waals surface area contributed by atoms with Crippen LogP contribution in [0.25, 0.3) is 22.3 Å². The highest BCUT2D eigenvalue weighted by molar-refractivity contribution is 5.81. The molecule has 1 fully saturated rings. The van der Waals surface area contributed by atoms with E-state index in [-0.39, 0.29) is 0 Å². The molecule has 0 unspecified atom stereocenters. The first-order chi connectivity index (χ1) is 12.8. The van der Waals surface area contributed by atoms with Gasteiger partial charge in [-0.25, -0.2) is 15.0 Å². The van der Waals surface area contributed by atoms with Gasteiger partial charge >= 0.3 is 0 Å². The molecule has 0 amide bonds. The van der Waals surface area contributed by atoms with Crippen LogP contribution < -0.4 is 4.74 Å². The predicted molar refractivity (Wildman–Crippen MR) is 100 cm³/mol. The Bertz CT molecular complexity index is 929. The minimum atomic E-state index is 0.527. The number of fused-ring (bicyclic) bond motifs is 3. The summed E-state index contributed by atoms with van der Waals surface area (Å²) < 4.78 is 7.49. The highest BCUT2D eigenvalue weighted by Crippen LogP contribution is 2.28.